The smallest absolute Gasteiger partial charge is 0.263 e. The molecule has 0 aliphatic heterocycles. The second-order valence-corrected chi connectivity index (χ2v) is 9.25. The number of para-hydroxylation sites is 1. The van der Waals surface area contributed by atoms with Gasteiger partial charge in [-0.15, -0.1) is 0 Å². The molecule has 2 aromatic rings. The molecule has 0 aromatic heterocycles. The first kappa shape index (κ1) is 23.2. The van der Waals surface area contributed by atoms with Crippen molar-refractivity contribution < 1.29 is 13.2 Å². The summed E-state index contributed by atoms with van der Waals surface area (Å²) in [4.78, 5) is 12.5. The van der Waals surface area contributed by atoms with E-state index in [0.29, 0.717) is 18.2 Å². The first-order valence-corrected chi connectivity index (χ1v) is 11.8. The van der Waals surface area contributed by atoms with Gasteiger partial charge in [0.2, 0.25) is 0 Å². The van der Waals surface area contributed by atoms with E-state index in [1.165, 1.54) is 18.2 Å². The molecule has 0 heterocycles. The van der Waals surface area contributed by atoms with Crippen LogP contribution in [-0.4, -0.2) is 20.9 Å². The number of unbranched alkanes of at least 4 members (excludes halogenated alkanes) is 1. The Kier molecular flexibility index (Phi) is 8.53. The fraction of sp³-hybridized carbons (Fsp3) is 0.409. The van der Waals surface area contributed by atoms with Crippen LogP contribution in [0.15, 0.2) is 47.4 Å². The number of carbonyl (C=O) groups is 1. The number of hydrogen-bond acceptors (Lipinski definition) is 3. The average molecular weight is 437 g/mol. The predicted molar refractivity (Wildman–Crippen MR) is 119 cm³/mol. The Morgan fingerprint density at radius 3 is 2.52 bits per heavy atom. The highest BCUT2D eigenvalue weighted by atomic mass is 35.5. The van der Waals surface area contributed by atoms with Crippen molar-refractivity contribution >= 4 is 33.2 Å². The average Bonchev–Trinajstić information content (AvgIpc) is 2.69. The number of nitrogens with one attached hydrogen (secondary N) is 2. The lowest BCUT2D eigenvalue weighted by Gasteiger charge is -2.16. The molecule has 158 valence electrons. The fourth-order valence-electron chi connectivity index (χ4n) is 3.02. The lowest BCUT2D eigenvalue weighted by Crippen LogP contribution is -2.29. The quantitative estimate of drug-likeness (QED) is 0.523. The second-order valence-electron chi connectivity index (χ2n) is 7.19. The molecule has 0 bridgehead atoms. The molecule has 0 unspecified atom stereocenters. The molecule has 0 radical (unpaired) electrons. The molecule has 2 N–H and O–H groups in total. The van der Waals surface area contributed by atoms with Crippen LogP contribution in [0, 0.1) is 12.8 Å². The standard InChI is InChI=1S/C22H29ClN2O3S/c1-4-6-10-17(5-2)15-24-22(26)18-12-13-19(23)21(14-18)29(27,28)25-20-11-8-7-9-16(20)3/h7-9,11-14,17,25H,4-6,10,15H2,1-3H3,(H,24,26)/t17-/m0/s1. The Hall–Kier alpha value is -2.05. The summed E-state index contributed by atoms with van der Waals surface area (Å²) in [5.41, 5.74) is 1.53. The summed E-state index contributed by atoms with van der Waals surface area (Å²) in [6.07, 6.45) is 4.30. The first-order chi connectivity index (χ1) is 13.8. The van der Waals surface area contributed by atoms with E-state index in [2.05, 4.69) is 23.9 Å². The van der Waals surface area contributed by atoms with Crippen LogP contribution in [0.25, 0.3) is 0 Å². The monoisotopic (exact) mass is 436 g/mol. The predicted octanol–water partition coefficient (Wildman–Crippen LogP) is 5.40. The molecule has 0 saturated carbocycles. The molecular weight excluding hydrogens is 408 g/mol. The second kappa shape index (κ2) is 10.6. The van der Waals surface area contributed by atoms with E-state index in [4.69, 9.17) is 11.6 Å². The van der Waals surface area contributed by atoms with Gasteiger partial charge >= 0.3 is 0 Å². The molecule has 29 heavy (non-hydrogen) atoms. The van der Waals surface area contributed by atoms with Crippen LogP contribution in [0.4, 0.5) is 5.69 Å². The van der Waals surface area contributed by atoms with Gasteiger partial charge in [0.15, 0.2) is 0 Å². The molecule has 2 rings (SSSR count). The van der Waals surface area contributed by atoms with E-state index in [-0.39, 0.29) is 21.4 Å². The molecule has 2 aromatic carbocycles. The number of hydrogen-bond donors (Lipinski definition) is 2. The van der Waals surface area contributed by atoms with Gasteiger partial charge in [0.25, 0.3) is 15.9 Å². The molecule has 0 aliphatic rings. The molecule has 7 heteroatoms. The van der Waals surface area contributed by atoms with Gasteiger partial charge in [-0.3, -0.25) is 9.52 Å². The number of halogens is 1. The third-order valence-corrected chi connectivity index (χ3v) is 6.81. The number of anilines is 1. The van der Waals surface area contributed by atoms with Crippen LogP contribution in [0.2, 0.25) is 5.02 Å². The summed E-state index contributed by atoms with van der Waals surface area (Å²) >= 11 is 6.15. The van der Waals surface area contributed by atoms with Crippen molar-refractivity contribution in [2.75, 3.05) is 11.3 Å². The summed E-state index contributed by atoms with van der Waals surface area (Å²) in [5, 5.41) is 2.99. The minimum atomic E-state index is -3.93. The van der Waals surface area contributed by atoms with Gasteiger partial charge in [-0.25, -0.2) is 8.42 Å². The zero-order chi connectivity index (χ0) is 21.4. The van der Waals surface area contributed by atoms with Crippen molar-refractivity contribution in [3.05, 3.63) is 58.6 Å². The number of rotatable bonds is 10. The van der Waals surface area contributed by atoms with Crippen molar-refractivity contribution in [3.63, 3.8) is 0 Å². The summed E-state index contributed by atoms with van der Waals surface area (Å²) in [6, 6.07) is 11.4. The van der Waals surface area contributed by atoms with Gasteiger partial charge in [0.05, 0.1) is 10.7 Å². The lowest BCUT2D eigenvalue weighted by atomic mass is 9.99. The third-order valence-electron chi connectivity index (χ3n) is 4.97. The Labute approximate surface area is 178 Å². The van der Waals surface area contributed by atoms with Gasteiger partial charge in [-0.1, -0.05) is 62.9 Å². The molecule has 1 amide bonds. The number of benzene rings is 2. The molecule has 1 atom stereocenters. The highest BCUT2D eigenvalue weighted by molar-refractivity contribution is 7.92. The molecule has 0 saturated heterocycles. The highest BCUT2D eigenvalue weighted by Gasteiger charge is 2.21. The van der Waals surface area contributed by atoms with Crippen LogP contribution in [0.5, 0.6) is 0 Å². The largest absolute Gasteiger partial charge is 0.352 e. The summed E-state index contributed by atoms with van der Waals surface area (Å²) < 4.78 is 28.3. The maximum Gasteiger partial charge on any atom is 0.263 e. The normalized spacial score (nSPS) is 12.4. The van der Waals surface area contributed by atoms with Gasteiger partial charge < -0.3 is 5.32 Å². The van der Waals surface area contributed by atoms with Crippen LogP contribution in [-0.2, 0) is 10.0 Å². The molecular formula is C22H29ClN2O3S. The van der Waals surface area contributed by atoms with Gasteiger partial charge in [-0.2, -0.15) is 0 Å². The topological polar surface area (TPSA) is 75.3 Å². The minimum Gasteiger partial charge on any atom is -0.352 e. The number of aryl methyl sites for hydroxylation is 1. The highest BCUT2D eigenvalue weighted by Crippen LogP contribution is 2.26. The first-order valence-electron chi connectivity index (χ1n) is 9.94. The van der Waals surface area contributed by atoms with Crippen LogP contribution >= 0.6 is 11.6 Å². The maximum absolute atomic E-state index is 12.9. The Bertz CT molecular complexity index is 945. The Morgan fingerprint density at radius 1 is 1.14 bits per heavy atom. The lowest BCUT2D eigenvalue weighted by molar-refractivity contribution is 0.0945. The van der Waals surface area contributed by atoms with Crippen molar-refractivity contribution in [1.82, 2.24) is 5.32 Å². The van der Waals surface area contributed by atoms with Gasteiger partial charge in [-0.05, 0) is 49.1 Å². The van der Waals surface area contributed by atoms with Gasteiger partial charge in [0.1, 0.15) is 4.90 Å². The zero-order valence-electron chi connectivity index (χ0n) is 17.2. The van der Waals surface area contributed by atoms with E-state index in [9.17, 15) is 13.2 Å². The van der Waals surface area contributed by atoms with E-state index < -0.39 is 10.0 Å². The summed E-state index contributed by atoms with van der Waals surface area (Å²) in [6.45, 7) is 6.64. The van der Waals surface area contributed by atoms with Crippen molar-refractivity contribution in [2.24, 2.45) is 5.92 Å². The van der Waals surface area contributed by atoms with E-state index in [1.807, 2.05) is 19.1 Å². The van der Waals surface area contributed by atoms with Crippen LogP contribution < -0.4 is 10.0 Å². The molecule has 0 spiro atoms. The molecule has 5 nitrogen and oxygen atoms in total. The van der Waals surface area contributed by atoms with E-state index >= 15 is 0 Å². The third kappa shape index (κ3) is 6.47. The summed E-state index contributed by atoms with van der Waals surface area (Å²) in [5.74, 6) is 0.112. The minimum absolute atomic E-state index is 0.0667. The number of amides is 1. The summed E-state index contributed by atoms with van der Waals surface area (Å²) in [7, 11) is -3.93. The number of sulfonamides is 1. The number of carbonyl (C=O) groups excluding carboxylic acids is 1. The fourth-order valence-corrected chi connectivity index (χ4v) is 4.68. The molecule has 0 aliphatic carbocycles. The van der Waals surface area contributed by atoms with E-state index in [1.54, 1.807) is 12.1 Å². The van der Waals surface area contributed by atoms with Crippen LogP contribution in [0.3, 0.4) is 0 Å². The molecule has 0 fully saturated rings. The van der Waals surface area contributed by atoms with Gasteiger partial charge in [0, 0.05) is 12.1 Å². The van der Waals surface area contributed by atoms with Crippen molar-refractivity contribution in [3.8, 4) is 0 Å². The van der Waals surface area contributed by atoms with Crippen molar-refractivity contribution in [2.45, 2.75) is 51.3 Å². The SMILES string of the molecule is CCCC[C@H](CC)CNC(=O)c1ccc(Cl)c(S(=O)(=O)Nc2ccccc2C)c1. The zero-order valence-corrected chi connectivity index (χ0v) is 18.7. The van der Waals surface area contributed by atoms with E-state index in [0.717, 1.165) is 31.2 Å². The van der Waals surface area contributed by atoms with Crippen molar-refractivity contribution in [1.29, 1.82) is 0 Å². The Balaban J connectivity index is 2.18. The maximum atomic E-state index is 12.9. The Morgan fingerprint density at radius 2 is 1.86 bits per heavy atom. The van der Waals surface area contributed by atoms with Crippen LogP contribution in [0.1, 0.15) is 55.5 Å².